The lowest BCUT2D eigenvalue weighted by Crippen LogP contribution is -2.53. The van der Waals surface area contributed by atoms with Crippen LogP contribution in [-0.4, -0.2) is 44.4 Å². The van der Waals surface area contributed by atoms with Crippen molar-refractivity contribution in [2.45, 2.75) is 45.6 Å². The monoisotopic (exact) mass is 420 g/mol. The maximum atomic E-state index is 11.9. The molecule has 0 saturated carbocycles. The Bertz CT molecular complexity index is 1130. The smallest absolute Gasteiger partial charge is 0.407 e. The van der Waals surface area contributed by atoms with Crippen molar-refractivity contribution in [1.29, 1.82) is 0 Å². The van der Waals surface area contributed by atoms with E-state index < -0.39 is 12.0 Å². The van der Waals surface area contributed by atoms with E-state index in [1.165, 1.54) is 0 Å². The van der Waals surface area contributed by atoms with Crippen LogP contribution in [0.4, 0.5) is 4.79 Å². The van der Waals surface area contributed by atoms with Crippen molar-refractivity contribution >= 4 is 22.9 Å². The van der Waals surface area contributed by atoms with E-state index in [9.17, 15) is 14.7 Å². The number of nitrogens with two attached hydrogens (primary N) is 1. The molecule has 1 aliphatic heterocycles. The zero-order valence-corrected chi connectivity index (χ0v) is 18.1. The number of aromatic nitrogens is 2. The van der Waals surface area contributed by atoms with Gasteiger partial charge in [-0.15, -0.1) is 0 Å². The van der Waals surface area contributed by atoms with E-state index in [4.69, 9.17) is 5.73 Å². The number of hydrogen-bond acceptors (Lipinski definition) is 3. The van der Waals surface area contributed by atoms with Crippen LogP contribution in [0.25, 0.3) is 16.6 Å². The van der Waals surface area contributed by atoms with Crippen molar-refractivity contribution in [3.63, 3.8) is 0 Å². The summed E-state index contributed by atoms with van der Waals surface area (Å²) < 4.78 is 1.74. The fourth-order valence-electron chi connectivity index (χ4n) is 4.88. The van der Waals surface area contributed by atoms with E-state index in [2.05, 4.69) is 38.0 Å². The molecule has 2 heterocycles. The third kappa shape index (κ3) is 3.87. The summed E-state index contributed by atoms with van der Waals surface area (Å²) in [4.78, 5) is 25.2. The SMILES string of the molecule is CC(C)(C)C1[C@H](c2ccc(-n3cc4cccc(C(N)=O)c4n3)cc2)CCCN1C(=O)O. The van der Waals surface area contributed by atoms with Crippen LogP contribution in [0, 0.1) is 5.41 Å². The van der Waals surface area contributed by atoms with Crippen molar-refractivity contribution in [3.05, 3.63) is 59.8 Å². The molecular formula is C24H28N4O3. The molecule has 7 nitrogen and oxygen atoms in total. The van der Waals surface area contributed by atoms with Crippen LogP contribution in [0.15, 0.2) is 48.7 Å². The molecule has 1 aromatic heterocycles. The number of likely N-dealkylation sites (tertiary alicyclic amines) is 1. The highest BCUT2D eigenvalue weighted by atomic mass is 16.4. The quantitative estimate of drug-likeness (QED) is 0.656. The summed E-state index contributed by atoms with van der Waals surface area (Å²) in [5, 5.41) is 15.2. The minimum Gasteiger partial charge on any atom is -0.465 e. The van der Waals surface area contributed by atoms with E-state index in [1.807, 2.05) is 24.4 Å². The van der Waals surface area contributed by atoms with Crippen LogP contribution in [0.1, 0.15) is 55.5 Å². The van der Waals surface area contributed by atoms with Crippen molar-refractivity contribution < 1.29 is 14.7 Å². The number of carbonyl (C=O) groups is 2. The maximum Gasteiger partial charge on any atom is 0.407 e. The van der Waals surface area contributed by atoms with Crippen molar-refractivity contribution in [2.24, 2.45) is 11.1 Å². The summed E-state index contributed by atoms with van der Waals surface area (Å²) in [6.07, 6.45) is 2.83. The molecule has 0 spiro atoms. The third-order valence-electron chi connectivity index (χ3n) is 6.15. The summed E-state index contributed by atoms with van der Waals surface area (Å²) >= 11 is 0. The summed E-state index contributed by atoms with van der Waals surface area (Å²) in [6, 6.07) is 13.4. The van der Waals surface area contributed by atoms with Crippen molar-refractivity contribution in [2.75, 3.05) is 6.54 Å². The second-order valence-corrected chi connectivity index (χ2v) is 9.31. The molecule has 1 fully saturated rings. The van der Waals surface area contributed by atoms with Crippen LogP contribution in [0.3, 0.4) is 0 Å². The van der Waals surface area contributed by atoms with Crippen molar-refractivity contribution in [1.82, 2.24) is 14.7 Å². The second-order valence-electron chi connectivity index (χ2n) is 9.31. The van der Waals surface area contributed by atoms with Gasteiger partial charge in [-0.3, -0.25) is 4.79 Å². The molecule has 1 unspecified atom stereocenters. The van der Waals surface area contributed by atoms with Crippen LogP contribution in [-0.2, 0) is 0 Å². The minimum absolute atomic E-state index is 0.0879. The van der Waals surface area contributed by atoms with Gasteiger partial charge in [0.2, 0.25) is 0 Å². The lowest BCUT2D eigenvalue weighted by molar-refractivity contribution is 0.0457. The fraction of sp³-hybridized carbons (Fsp3) is 0.375. The molecule has 1 saturated heterocycles. The Morgan fingerprint density at radius 3 is 2.45 bits per heavy atom. The fourth-order valence-corrected chi connectivity index (χ4v) is 4.88. The topological polar surface area (TPSA) is 101 Å². The van der Waals surface area contributed by atoms with Gasteiger partial charge in [-0.05, 0) is 42.0 Å². The van der Waals surface area contributed by atoms with Gasteiger partial charge in [0.05, 0.1) is 11.3 Å². The summed E-state index contributed by atoms with van der Waals surface area (Å²) in [5.41, 5.74) is 8.28. The number of primary amides is 1. The first-order valence-corrected chi connectivity index (χ1v) is 10.5. The Hall–Kier alpha value is -3.35. The van der Waals surface area contributed by atoms with Gasteiger partial charge in [-0.2, -0.15) is 5.10 Å². The molecule has 4 rings (SSSR count). The summed E-state index contributed by atoms with van der Waals surface area (Å²) in [5.74, 6) is -0.364. The molecule has 162 valence electrons. The Morgan fingerprint density at radius 2 is 1.84 bits per heavy atom. The van der Waals surface area contributed by atoms with Gasteiger partial charge < -0.3 is 15.7 Å². The number of carbonyl (C=O) groups excluding carboxylic acids is 1. The van der Waals surface area contributed by atoms with E-state index in [-0.39, 0.29) is 17.4 Å². The molecule has 3 aromatic rings. The highest BCUT2D eigenvalue weighted by Gasteiger charge is 2.42. The highest BCUT2D eigenvalue weighted by Crippen LogP contribution is 2.41. The predicted molar refractivity (Wildman–Crippen MR) is 120 cm³/mol. The lowest BCUT2D eigenvalue weighted by atomic mass is 9.71. The number of rotatable bonds is 3. The molecule has 3 N–H and O–H groups in total. The zero-order valence-electron chi connectivity index (χ0n) is 18.1. The number of nitrogens with zero attached hydrogens (tertiary/aromatic N) is 3. The molecule has 0 aliphatic carbocycles. The number of amides is 2. The molecule has 2 aromatic carbocycles. The molecule has 2 amide bonds. The van der Waals surface area contributed by atoms with Gasteiger partial charge in [-0.1, -0.05) is 45.0 Å². The van der Waals surface area contributed by atoms with Crippen LogP contribution in [0.2, 0.25) is 0 Å². The highest BCUT2D eigenvalue weighted by molar-refractivity contribution is 6.04. The Labute approximate surface area is 181 Å². The standard InChI is InChI=1S/C24H28N4O3/c1-24(2,3)21-18(8-5-13-27(21)23(30)31)15-9-11-17(12-10-15)28-14-16-6-4-7-19(22(25)29)20(16)26-28/h4,6-7,9-12,14,18,21H,5,8,13H2,1-3H3,(H2,25,29)(H,30,31)/t18-,21?/m0/s1. The Balaban J connectivity index is 1.68. The Morgan fingerprint density at radius 1 is 1.13 bits per heavy atom. The van der Waals surface area contributed by atoms with Crippen LogP contribution < -0.4 is 5.73 Å². The third-order valence-corrected chi connectivity index (χ3v) is 6.15. The van der Waals surface area contributed by atoms with Gasteiger partial charge in [0, 0.05) is 30.1 Å². The lowest BCUT2D eigenvalue weighted by Gasteiger charge is -2.47. The summed E-state index contributed by atoms with van der Waals surface area (Å²) in [7, 11) is 0. The number of benzene rings is 2. The van der Waals surface area contributed by atoms with Gasteiger partial charge in [0.1, 0.15) is 5.52 Å². The molecule has 2 atom stereocenters. The summed E-state index contributed by atoms with van der Waals surface area (Å²) in [6.45, 7) is 6.89. The largest absolute Gasteiger partial charge is 0.465 e. The molecule has 0 bridgehead atoms. The first kappa shape index (κ1) is 20.9. The predicted octanol–water partition coefficient (Wildman–Crippen LogP) is 4.40. The van der Waals surface area contributed by atoms with E-state index in [1.54, 1.807) is 21.7 Å². The van der Waals surface area contributed by atoms with Gasteiger partial charge >= 0.3 is 6.09 Å². The average Bonchev–Trinajstić information content (AvgIpc) is 3.16. The number of carboxylic acid groups (broad SMARTS) is 1. The molecule has 31 heavy (non-hydrogen) atoms. The minimum atomic E-state index is -0.852. The van der Waals surface area contributed by atoms with Gasteiger partial charge in [0.25, 0.3) is 5.91 Å². The van der Waals surface area contributed by atoms with E-state index in [0.29, 0.717) is 17.6 Å². The first-order chi connectivity index (χ1) is 14.7. The van der Waals surface area contributed by atoms with E-state index >= 15 is 0 Å². The van der Waals surface area contributed by atoms with Crippen LogP contribution in [0.5, 0.6) is 0 Å². The first-order valence-electron chi connectivity index (χ1n) is 10.5. The number of piperidine rings is 1. The average molecular weight is 421 g/mol. The van der Waals surface area contributed by atoms with Gasteiger partial charge in [0.15, 0.2) is 0 Å². The number of hydrogen-bond donors (Lipinski definition) is 2. The number of fused-ring (bicyclic) bond motifs is 1. The normalized spacial score (nSPS) is 19.5. The maximum absolute atomic E-state index is 11.9. The van der Waals surface area contributed by atoms with E-state index in [0.717, 1.165) is 29.5 Å². The van der Waals surface area contributed by atoms with Crippen LogP contribution >= 0.6 is 0 Å². The molecule has 0 radical (unpaired) electrons. The second kappa shape index (κ2) is 7.72. The Kier molecular flexibility index (Phi) is 5.21. The molecule has 1 aliphatic rings. The van der Waals surface area contributed by atoms with Gasteiger partial charge in [-0.25, -0.2) is 9.48 Å². The zero-order chi connectivity index (χ0) is 22.3. The van der Waals surface area contributed by atoms with Crippen molar-refractivity contribution in [3.8, 4) is 5.69 Å². The molecule has 7 heteroatoms. The molecular weight excluding hydrogens is 392 g/mol.